The van der Waals surface area contributed by atoms with Crippen molar-refractivity contribution in [3.05, 3.63) is 29.4 Å². The predicted octanol–water partition coefficient (Wildman–Crippen LogP) is 5.43. The Labute approximate surface area is 420 Å². The van der Waals surface area contributed by atoms with Gasteiger partial charge in [-0.2, -0.15) is 0 Å². The third-order valence-corrected chi connectivity index (χ3v) is 14.6. The lowest BCUT2D eigenvalue weighted by Crippen LogP contribution is -2.61. The molecule has 71 heavy (non-hydrogen) atoms. The van der Waals surface area contributed by atoms with Gasteiger partial charge in [0.05, 0.1) is 48.9 Å². The van der Waals surface area contributed by atoms with E-state index < -0.39 is 101 Å². The zero-order valence-electron chi connectivity index (χ0n) is 43.5. The molecule has 396 valence electrons. The number of hydrogen-bond acceptors (Lipinski definition) is 18. The van der Waals surface area contributed by atoms with Crippen LogP contribution in [0.5, 0.6) is 0 Å². The van der Waals surface area contributed by atoms with E-state index in [-0.39, 0.29) is 56.6 Å². The Morgan fingerprint density at radius 1 is 1.10 bits per heavy atom. The van der Waals surface area contributed by atoms with Gasteiger partial charge in [0.15, 0.2) is 18.7 Å². The Balaban J connectivity index is 1.57. The minimum atomic E-state index is -3.25. The Hall–Kier alpha value is -4.19. The van der Waals surface area contributed by atoms with Crippen molar-refractivity contribution < 1.29 is 62.3 Å². The number of likely N-dealkylation sites (N-methyl/N-ethyl adjacent to an activating group) is 1. The van der Waals surface area contributed by atoms with Gasteiger partial charge in [-0.1, -0.05) is 53.6 Å². The number of ketones is 1. The summed E-state index contributed by atoms with van der Waals surface area (Å²) in [7, 11) is 3.62. The lowest BCUT2D eigenvalue weighted by Gasteiger charge is -2.47. The molecule has 0 aliphatic carbocycles. The number of nitrogens with two attached hydrogens (primary N) is 1. The molecule has 5 heterocycles. The SMILES string of the molecule is CCC(=O)/N=C1\[C@H](C)C[C@@]2(C)OC/C(=N/OCc3ccc(-c4nc(NC(=O)[C@@H](N)CC(C)C)cs4)cn3)CO[C@H]([C@H]1C)[C@](C)(O)[C@@H](CC)OC(=O)[C@@](C)(F)C(=O)[C@H](C)[C@H]2O[C@@H]1O[C@H](C)C[C@H](N(C)C)[C@H]1O. The zero-order valence-corrected chi connectivity index (χ0v) is 44.3. The van der Waals surface area contributed by atoms with E-state index in [9.17, 15) is 29.4 Å². The smallest absolute Gasteiger partial charge is 0.351 e. The van der Waals surface area contributed by atoms with Crippen LogP contribution in [0.4, 0.5) is 10.2 Å². The van der Waals surface area contributed by atoms with Crippen LogP contribution in [0.2, 0.25) is 0 Å². The van der Waals surface area contributed by atoms with E-state index in [0.717, 1.165) is 6.92 Å². The van der Waals surface area contributed by atoms with Crippen molar-refractivity contribution in [2.75, 3.05) is 32.6 Å². The van der Waals surface area contributed by atoms with E-state index in [2.05, 4.69) is 25.4 Å². The molecule has 21 heteroatoms. The van der Waals surface area contributed by atoms with Crippen LogP contribution in [-0.4, -0.2) is 153 Å². The third-order valence-electron chi connectivity index (χ3n) is 13.7. The molecule has 14 atom stereocenters. The van der Waals surface area contributed by atoms with E-state index in [4.69, 9.17) is 34.3 Å². The number of pyridine rings is 1. The Morgan fingerprint density at radius 2 is 1.80 bits per heavy atom. The Bertz CT molecular complexity index is 2220. The molecular weight excluding hydrogens is 942 g/mol. The lowest BCUT2D eigenvalue weighted by molar-refractivity contribution is -0.296. The molecule has 3 aliphatic heterocycles. The average Bonchev–Trinajstić information content (AvgIpc) is 3.77. The number of ether oxygens (including phenoxy) is 5. The van der Waals surface area contributed by atoms with Gasteiger partial charge >= 0.3 is 5.97 Å². The molecule has 2 bridgehead atoms. The highest BCUT2D eigenvalue weighted by molar-refractivity contribution is 7.13. The summed E-state index contributed by atoms with van der Waals surface area (Å²) in [6.45, 7) is 17.2. The number of aliphatic hydroxyl groups is 2. The number of aromatic nitrogens is 2. The number of rotatable bonds is 13. The van der Waals surface area contributed by atoms with E-state index in [1.165, 1.54) is 25.2 Å². The highest BCUT2D eigenvalue weighted by Gasteiger charge is 2.57. The first kappa shape index (κ1) is 57.7. The minimum Gasteiger partial charge on any atom is -0.457 e. The van der Waals surface area contributed by atoms with E-state index in [0.29, 0.717) is 40.6 Å². The maximum atomic E-state index is 17.0. The molecule has 0 radical (unpaired) electrons. The molecule has 0 saturated carbocycles. The number of fused-ring (bicyclic) bond motifs is 5. The summed E-state index contributed by atoms with van der Waals surface area (Å²) in [5, 5.41) is 33.8. The fraction of sp³-hybridized carbons (Fsp3) is 0.720. The Kier molecular flexibility index (Phi) is 19.7. The molecule has 5 N–H and O–H groups in total. The van der Waals surface area contributed by atoms with E-state index in [1.54, 1.807) is 51.4 Å². The first-order valence-electron chi connectivity index (χ1n) is 24.6. The minimum absolute atomic E-state index is 0.0204. The van der Waals surface area contributed by atoms with Gasteiger partial charge in [-0.25, -0.2) is 19.2 Å². The third kappa shape index (κ3) is 13.9. The van der Waals surface area contributed by atoms with Crippen molar-refractivity contribution in [1.29, 1.82) is 0 Å². The molecule has 19 nitrogen and oxygen atoms in total. The van der Waals surface area contributed by atoms with Crippen LogP contribution in [0.1, 0.15) is 114 Å². The second kappa shape index (κ2) is 24.2. The fourth-order valence-electron chi connectivity index (χ4n) is 9.77. The molecule has 3 fully saturated rings. The molecule has 2 aromatic heterocycles. The summed E-state index contributed by atoms with van der Waals surface area (Å²) in [6, 6.07) is 2.45. The molecule has 0 aromatic carbocycles. The second-order valence-electron chi connectivity index (χ2n) is 20.6. The number of nitrogens with one attached hydrogen (secondary N) is 1. The molecule has 5 rings (SSSR count). The number of alkyl halides is 1. The summed E-state index contributed by atoms with van der Waals surface area (Å²) in [6.07, 6.45) is -4.50. The van der Waals surface area contributed by atoms with Gasteiger partial charge in [-0.05, 0) is 91.4 Å². The standard InChI is InChI=1S/C50H76FN7O12S/c1-14-36-50(11,64)43-29(7)39(56-38(59)15-2)27(5)20-48(9,42(30(8)41(61)49(10,51)47(63)69-36)70-46-40(60)35(58(12)13)19-28(6)68-46)66-23-33(22-65-43)57-67-24-32-17-16-31(21-53-32)45-55-37(25-71-45)54-44(62)34(52)18-26(3)4/h16-17,21,25-30,34-36,40,42-43,46,60,64H,14-15,18-20,22-24,52H2,1-13H3,(H,54,62)/b56-39+,57-33+/t27-,28-,29+,30+,34+,35+,36-,40-,42-,43-,46+,48-,49+,50-/m1/s1. The van der Waals surface area contributed by atoms with Gasteiger partial charge in [0.2, 0.25) is 11.8 Å². The molecule has 3 saturated heterocycles. The number of carbonyl (C=O) groups excluding carboxylic acids is 4. The lowest BCUT2D eigenvalue weighted by atomic mass is 9.73. The van der Waals surface area contributed by atoms with Gasteiger partial charge in [-0.15, -0.1) is 11.3 Å². The van der Waals surface area contributed by atoms with Crippen molar-refractivity contribution >= 4 is 52.1 Å². The van der Waals surface area contributed by atoms with Crippen LogP contribution in [0, 0.1) is 23.7 Å². The summed E-state index contributed by atoms with van der Waals surface area (Å²) in [5.74, 6) is -5.82. The van der Waals surface area contributed by atoms with Gasteiger partial charge in [-0.3, -0.25) is 19.4 Å². The molecular formula is C50H76FN7O12S. The summed E-state index contributed by atoms with van der Waals surface area (Å²) in [4.78, 5) is 75.8. The van der Waals surface area contributed by atoms with Crippen LogP contribution in [0.3, 0.4) is 0 Å². The number of aliphatic imine (C=N–C) groups is 1. The highest BCUT2D eigenvalue weighted by Crippen LogP contribution is 2.41. The van der Waals surface area contributed by atoms with Crippen molar-refractivity contribution in [3.8, 4) is 10.6 Å². The molecule has 2 amide bonds. The topological polar surface area (TPSA) is 256 Å². The van der Waals surface area contributed by atoms with Crippen LogP contribution < -0.4 is 11.1 Å². The summed E-state index contributed by atoms with van der Waals surface area (Å²) < 4.78 is 49.1. The van der Waals surface area contributed by atoms with E-state index >= 15 is 4.39 Å². The first-order chi connectivity index (χ1) is 33.2. The average molecular weight is 1020 g/mol. The number of Topliss-reactive ketones (excluding diaryl/α,β-unsaturated/α-hetero) is 1. The number of nitrogens with zero attached hydrogens (tertiary/aromatic N) is 5. The number of aliphatic hydroxyl groups excluding tert-OH is 1. The summed E-state index contributed by atoms with van der Waals surface area (Å²) >= 11 is 1.33. The Morgan fingerprint density at radius 3 is 2.42 bits per heavy atom. The van der Waals surface area contributed by atoms with Crippen molar-refractivity contribution in [2.45, 2.75) is 181 Å². The van der Waals surface area contributed by atoms with Gasteiger partial charge in [0.1, 0.15) is 34.3 Å². The van der Waals surface area contributed by atoms with Gasteiger partial charge in [0, 0.05) is 47.2 Å². The van der Waals surface area contributed by atoms with Crippen molar-refractivity contribution in [1.82, 2.24) is 14.9 Å². The maximum Gasteiger partial charge on any atom is 0.351 e. The number of thiazole rings is 1. The van der Waals surface area contributed by atoms with Crippen LogP contribution in [0.25, 0.3) is 10.6 Å². The first-order valence-corrected chi connectivity index (χ1v) is 25.5. The van der Waals surface area contributed by atoms with Crippen molar-refractivity contribution in [3.63, 3.8) is 0 Å². The molecule has 2 aromatic rings. The second-order valence-corrected chi connectivity index (χ2v) is 21.4. The predicted molar refractivity (Wildman–Crippen MR) is 265 cm³/mol. The van der Waals surface area contributed by atoms with Gasteiger partial charge < -0.3 is 54.7 Å². The number of carbonyl (C=O) groups is 4. The van der Waals surface area contributed by atoms with Gasteiger partial charge in [0.25, 0.3) is 5.67 Å². The molecule has 0 spiro atoms. The highest BCUT2D eigenvalue weighted by atomic mass is 32.1. The zero-order chi connectivity index (χ0) is 52.7. The normalized spacial score (nSPS) is 35.1. The largest absolute Gasteiger partial charge is 0.457 e. The number of hydrogen-bond donors (Lipinski definition) is 4. The van der Waals surface area contributed by atoms with E-state index in [1.807, 2.05) is 46.7 Å². The number of amides is 2. The number of oxime groups is 1. The molecule has 0 unspecified atom stereocenters. The van der Waals surface area contributed by atoms with Crippen LogP contribution in [-0.2, 0) is 54.3 Å². The number of anilines is 1. The molecule has 3 aliphatic rings. The quantitative estimate of drug-likeness (QED) is 0.111. The number of cyclic esters (lactones) is 1. The maximum absolute atomic E-state index is 17.0. The van der Waals surface area contributed by atoms with Crippen LogP contribution in [0.15, 0.2) is 33.9 Å². The van der Waals surface area contributed by atoms with Crippen molar-refractivity contribution in [2.24, 2.45) is 39.6 Å². The monoisotopic (exact) mass is 1020 g/mol. The number of esters is 1. The number of halogens is 1. The van der Waals surface area contributed by atoms with Crippen LogP contribution >= 0.6 is 11.3 Å². The fourth-order valence-corrected chi connectivity index (χ4v) is 10.5. The summed E-state index contributed by atoms with van der Waals surface area (Å²) in [5.41, 5.74) is 0.791.